The third-order valence-electron chi connectivity index (χ3n) is 2.99. The number of imidazole rings is 1. The number of aromatic nitrogens is 2. The number of carbonyl (C=O) groups is 2. The van der Waals surface area contributed by atoms with Gasteiger partial charge in [-0.25, -0.2) is 4.79 Å². The molecule has 2 rings (SSSR count). The number of rotatable bonds is 4. The van der Waals surface area contributed by atoms with Crippen molar-refractivity contribution in [2.75, 3.05) is 12.4 Å². The van der Waals surface area contributed by atoms with Crippen molar-refractivity contribution in [3.8, 4) is 0 Å². The molecule has 0 atom stereocenters. The first-order chi connectivity index (χ1) is 10.8. The minimum atomic E-state index is -0.624. The van der Waals surface area contributed by atoms with E-state index in [2.05, 4.69) is 10.3 Å². The van der Waals surface area contributed by atoms with Gasteiger partial charge in [0.15, 0.2) is 10.5 Å². The number of hydrogen-bond donors (Lipinski definition) is 2. The molecule has 23 heavy (non-hydrogen) atoms. The molecule has 2 N–H and O–H groups in total. The molecule has 6 nitrogen and oxygen atoms in total. The van der Waals surface area contributed by atoms with Gasteiger partial charge in [0, 0.05) is 6.92 Å². The number of halogens is 2. The highest BCUT2D eigenvalue weighted by molar-refractivity contribution is 7.71. The Hall–Kier alpha value is -1.83. The van der Waals surface area contributed by atoms with Crippen LogP contribution in [0.3, 0.4) is 0 Å². The summed E-state index contributed by atoms with van der Waals surface area (Å²) in [6, 6.07) is 5.10. The van der Waals surface area contributed by atoms with Crippen LogP contribution in [0, 0.1) is 4.77 Å². The second kappa shape index (κ2) is 7.16. The molecule has 1 amide bonds. The molecule has 1 heterocycles. The van der Waals surface area contributed by atoms with Crippen LogP contribution >= 0.6 is 35.4 Å². The summed E-state index contributed by atoms with van der Waals surface area (Å²) in [5, 5.41) is 3.35. The van der Waals surface area contributed by atoms with Crippen molar-refractivity contribution in [1.29, 1.82) is 0 Å². The molecule has 0 aliphatic rings. The van der Waals surface area contributed by atoms with Crippen LogP contribution in [-0.2, 0) is 16.1 Å². The highest BCUT2D eigenvalue weighted by atomic mass is 35.5. The van der Waals surface area contributed by atoms with E-state index in [1.54, 1.807) is 18.2 Å². The standard InChI is InChI=1S/C14H13Cl2N3O3S/c1-7(20)17-12-11(13(21)22-2)19(14(23)18-12)6-8-3-4-9(15)10(16)5-8/h3-5H,6H2,1-2H3,(H,17,20)(H,18,23). The van der Waals surface area contributed by atoms with Crippen molar-refractivity contribution in [2.45, 2.75) is 13.5 Å². The highest BCUT2D eigenvalue weighted by Crippen LogP contribution is 2.24. The molecule has 0 unspecified atom stereocenters. The van der Waals surface area contributed by atoms with Gasteiger partial charge in [0.1, 0.15) is 5.82 Å². The van der Waals surface area contributed by atoms with E-state index in [-0.39, 0.29) is 28.7 Å². The lowest BCUT2D eigenvalue weighted by molar-refractivity contribution is -0.114. The van der Waals surface area contributed by atoms with Crippen LogP contribution in [0.15, 0.2) is 18.2 Å². The van der Waals surface area contributed by atoms with Gasteiger partial charge < -0.3 is 19.6 Å². The van der Waals surface area contributed by atoms with Gasteiger partial charge in [0.05, 0.1) is 23.7 Å². The van der Waals surface area contributed by atoms with E-state index in [4.69, 9.17) is 40.2 Å². The third-order valence-corrected chi connectivity index (χ3v) is 4.05. The van der Waals surface area contributed by atoms with E-state index in [0.29, 0.717) is 10.0 Å². The monoisotopic (exact) mass is 373 g/mol. The van der Waals surface area contributed by atoms with Gasteiger partial charge in [-0.2, -0.15) is 0 Å². The van der Waals surface area contributed by atoms with E-state index in [1.807, 2.05) is 0 Å². The number of esters is 1. The molecular weight excluding hydrogens is 361 g/mol. The van der Waals surface area contributed by atoms with Gasteiger partial charge in [-0.15, -0.1) is 0 Å². The Kier molecular flexibility index (Phi) is 5.46. The van der Waals surface area contributed by atoms with Gasteiger partial charge in [0.2, 0.25) is 5.91 Å². The SMILES string of the molecule is COC(=O)c1c(NC(C)=O)[nH]c(=S)n1Cc1ccc(Cl)c(Cl)c1. The molecule has 2 aromatic rings. The first-order valence-electron chi connectivity index (χ1n) is 6.46. The normalized spacial score (nSPS) is 10.4. The summed E-state index contributed by atoms with van der Waals surface area (Å²) in [5.74, 6) is -0.774. The molecule has 122 valence electrons. The predicted molar refractivity (Wildman–Crippen MR) is 90.8 cm³/mol. The minimum Gasteiger partial charge on any atom is -0.464 e. The number of hydrogen-bond acceptors (Lipinski definition) is 4. The van der Waals surface area contributed by atoms with Crippen molar-refractivity contribution in [1.82, 2.24) is 9.55 Å². The van der Waals surface area contributed by atoms with E-state index in [1.165, 1.54) is 18.6 Å². The second-order valence-corrected chi connectivity index (χ2v) is 5.86. The summed E-state index contributed by atoms with van der Waals surface area (Å²) >= 11 is 17.1. The molecule has 0 saturated heterocycles. The fourth-order valence-corrected chi connectivity index (χ4v) is 2.60. The van der Waals surface area contributed by atoms with E-state index >= 15 is 0 Å². The maximum absolute atomic E-state index is 12.1. The third kappa shape index (κ3) is 3.93. The van der Waals surface area contributed by atoms with Crippen LogP contribution in [0.2, 0.25) is 10.0 Å². The molecule has 0 saturated carbocycles. The van der Waals surface area contributed by atoms with Crippen LogP contribution in [0.4, 0.5) is 5.82 Å². The summed E-state index contributed by atoms with van der Waals surface area (Å²) in [5.41, 5.74) is 0.910. The first-order valence-corrected chi connectivity index (χ1v) is 7.62. The quantitative estimate of drug-likeness (QED) is 0.633. The van der Waals surface area contributed by atoms with E-state index in [0.717, 1.165) is 5.56 Å². The molecule has 1 aromatic carbocycles. The molecule has 0 spiro atoms. The fraction of sp³-hybridized carbons (Fsp3) is 0.214. The lowest BCUT2D eigenvalue weighted by Gasteiger charge is -2.09. The second-order valence-electron chi connectivity index (χ2n) is 4.66. The Labute approximate surface area is 147 Å². The molecule has 0 fully saturated rings. The van der Waals surface area contributed by atoms with Crippen molar-refractivity contribution < 1.29 is 14.3 Å². The number of anilines is 1. The van der Waals surface area contributed by atoms with Crippen molar-refractivity contribution in [2.24, 2.45) is 0 Å². The maximum Gasteiger partial charge on any atom is 0.358 e. The number of methoxy groups -OCH3 is 1. The predicted octanol–water partition coefficient (Wildman–Crippen LogP) is 3.65. The fourth-order valence-electron chi connectivity index (χ4n) is 2.02. The Morgan fingerprint density at radius 1 is 1.35 bits per heavy atom. The number of H-pyrrole nitrogens is 1. The Balaban J connectivity index is 2.50. The summed E-state index contributed by atoms with van der Waals surface area (Å²) in [6.07, 6.45) is 0. The van der Waals surface area contributed by atoms with E-state index < -0.39 is 5.97 Å². The summed E-state index contributed by atoms with van der Waals surface area (Å²) in [7, 11) is 1.25. The minimum absolute atomic E-state index is 0.124. The first kappa shape index (κ1) is 17.5. The van der Waals surface area contributed by atoms with Crippen LogP contribution < -0.4 is 5.32 Å². The van der Waals surface area contributed by atoms with Crippen LogP contribution in [-0.4, -0.2) is 28.5 Å². The average Bonchev–Trinajstić information content (AvgIpc) is 2.77. The van der Waals surface area contributed by atoms with E-state index in [9.17, 15) is 9.59 Å². The maximum atomic E-state index is 12.1. The molecule has 1 aromatic heterocycles. The molecular formula is C14H13Cl2N3O3S. The van der Waals surface area contributed by atoms with Gasteiger partial charge in [0.25, 0.3) is 0 Å². The summed E-state index contributed by atoms with van der Waals surface area (Å²) in [4.78, 5) is 26.1. The Morgan fingerprint density at radius 2 is 2.04 bits per heavy atom. The lowest BCUT2D eigenvalue weighted by atomic mass is 10.2. The van der Waals surface area contributed by atoms with Gasteiger partial charge in [-0.1, -0.05) is 29.3 Å². The smallest absolute Gasteiger partial charge is 0.358 e. The van der Waals surface area contributed by atoms with Gasteiger partial charge in [-0.05, 0) is 29.9 Å². The van der Waals surface area contributed by atoms with Crippen molar-refractivity contribution >= 4 is 53.1 Å². The summed E-state index contributed by atoms with van der Waals surface area (Å²) < 4.78 is 6.55. The topological polar surface area (TPSA) is 76.1 Å². The Morgan fingerprint density at radius 3 is 2.61 bits per heavy atom. The largest absolute Gasteiger partial charge is 0.464 e. The molecule has 0 radical (unpaired) electrons. The number of nitrogens with one attached hydrogen (secondary N) is 2. The number of aromatic amines is 1. The van der Waals surface area contributed by atoms with Crippen molar-refractivity contribution in [3.05, 3.63) is 44.3 Å². The molecule has 0 aliphatic carbocycles. The summed E-state index contributed by atoms with van der Waals surface area (Å²) in [6.45, 7) is 1.59. The zero-order valence-corrected chi connectivity index (χ0v) is 14.6. The number of nitrogens with zero attached hydrogens (tertiary/aromatic N) is 1. The van der Waals surface area contributed by atoms with Crippen LogP contribution in [0.25, 0.3) is 0 Å². The molecule has 0 aliphatic heterocycles. The van der Waals surface area contributed by atoms with Gasteiger partial charge >= 0.3 is 5.97 Å². The lowest BCUT2D eigenvalue weighted by Crippen LogP contribution is -2.16. The number of ether oxygens (including phenoxy) is 1. The number of carbonyl (C=O) groups excluding carboxylic acids is 2. The highest BCUT2D eigenvalue weighted by Gasteiger charge is 2.21. The van der Waals surface area contributed by atoms with Gasteiger partial charge in [-0.3, -0.25) is 4.79 Å². The van der Waals surface area contributed by atoms with Crippen LogP contribution in [0.1, 0.15) is 23.0 Å². The Bertz CT molecular complexity index is 829. The number of benzene rings is 1. The zero-order chi connectivity index (χ0) is 17.1. The molecule has 0 bridgehead atoms. The molecule has 9 heteroatoms. The average molecular weight is 374 g/mol. The zero-order valence-electron chi connectivity index (χ0n) is 12.3. The van der Waals surface area contributed by atoms with Crippen LogP contribution in [0.5, 0.6) is 0 Å². The number of amides is 1. The van der Waals surface area contributed by atoms with Crippen molar-refractivity contribution in [3.63, 3.8) is 0 Å².